The molecule has 2 aromatic carbocycles. The van der Waals surface area contributed by atoms with E-state index in [1.54, 1.807) is 53.1 Å². The number of unbranched alkanes of at least 4 members (excludes halogenated alkanes) is 3. The molecule has 378 valence electrons. The third-order valence-electron chi connectivity index (χ3n) is 11.9. The van der Waals surface area contributed by atoms with E-state index in [-0.39, 0.29) is 73.3 Å². The van der Waals surface area contributed by atoms with Crippen LogP contribution in [0.3, 0.4) is 0 Å². The van der Waals surface area contributed by atoms with Crippen LogP contribution in [0.1, 0.15) is 100 Å². The van der Waals surface area contributed by atoms with Crippen molar-refractivity contribution in [2.24, 2.45) is 12.5 Å². The highest BCUT2D eigenvalue weighted by Crippen LogP contribution is 2.37. The van der Waals surface area contributed by atoms with Crippen molar-refractivity contribution in [3.05, 3.63) is 77.3 Å². The Hall–Kier alpha value is -7.33. The molecule has 71 heavy (non-hydrogen) atoms. The summed E-state index contributed by atoms with van der Waals surface area (Å²) in [7, 11) is 4.69. The lowest BCUT2D eigenvalue weighted by atomic mass is 9.85. The number of carbonyl (C=O) groups excluding carboxylic acids is 6. The van der Waals surface area contributed by atoms with Crippen LogP contribution in [-0.2, 0) is 31.0 Å². The minimum absolute atomic E-state index is 0.0244. The van der Waals surface area contributed by atoms with Crippen LogP contribution < -0.4 is 36.6 Å². The number of likely N-dealkylation sites (tertiary alicyclic amines) is 1. The number of aliphatic hydroxyl groups is 1. The fourth-order valence-electron chi connectivity index (χ4n) is 8.10. The van der Waals surface area contributed by atoms with Crippen LogP contribution in [0.25, 0.3) is 21.8 Å². The fraction of sp³-hybridized carbons (Fsp3) is 0.449. The largest absolute Gasteiger partial charge is 0.494 e. The lowest BCUT2D eigenvalue weighted by Gasteiger charge is -2.35. The lowest BCUT2D eigenvalue weighted by Crippen LogP contribution is -2.57. The Morgan fingerprint density at radius 2 is 1.63 bits per heavy atom. The number of thiazole rings is 1. The van der Waals surface area contributed by atoms with Crippen LogP contribution in [0.5, 0.6) is 5.75 Å². The number of nitrogens with zero attached hydrogens (tertiary/aromatic N) is 7. The van der Waals surface area contributed by atoms with Crippen LogP contribution in [0.2, 0.25) is 0 Å². The molecule has 4 heterocycles. The van der Waals surface area contributed by atoms with E-state index in [2.05, 4.69) is 57.2 Å². The minimum atomic E-state index is -0.952. The lowest BCUT2D eigenvalue weighted by molar-refractivity contribution is -0.144. The van der Waals surface area contributed by atoms with Crippen molar-refractivity contribution in [2.45, 2.75) is 104 Å². The molecule has 0 spiro atoms. The number of carbonyl (C=O) groups is 6. The first-order valence-electron chi connectivity index (χ1n) is 23.4. The number of methoxy groups -OCH3 is 1. The van der Waals surface area contributed by atoms with Gasteiger partial charge in [-0.3, -0.25) is 33.4 Å². The first-order chi connectivity index (χ1) is 33.9. The van der Waals surface area contributed by atoms with E-state index in [1.807, 2.05) is 58.9 Å². The molecule has 21 nitrogen and oxygen atoms in total. The molecule has 0 bridgehead atoms. The van der Waals surface area contributed by atoms with Gasteiger partial charge >= 0.3 is 0 Å². The van der Waals surface area contributed by atoms with Crippen LogP contribution in [-0.4, -0.2) is 121 Å². The number of nitrogens with one attached hydrogen (secondary N) is 6. The Morgan fingerprint density at radius 1 is 0.915 bits per heavy atom. The molecule has 6 amide bonds. The van der Waals surface area contributed by atoms with E-state index in [4.69, 9.17) is 4.74 Å². The molecule has 1 aliphatic rings. The van der Waals surface area contributed by atoms with Gasteiger partial charge in [0.15, 0.2) is 23.1 Å². The summed E-state index contributed by atoms with van der Waals surface area (Å²) in [5.41, 5.74) is 5.20. The number of hydrogen-bond acceptors (Lipinski definition) is 15. The molecule has 1 aliphatic heterocycles. The Bertz CT molecular complexity index is 2700. The van der Waals surface area contributed by atoms with Crippen molar-refractivity contribution >= 4 is 64.0 Å². The molecule has 22 heteroatoms. The number of aromatic nitrogens is 6. The Balaban J connectivity index is 0.927. The van der Waals surface area contributed by atoms with E-state index in [0.29, 0.717) is 48.5 Å². The molecule has 3 aromatic heterocycles. The third kappa shape index (κ3) is 13.9. The second-order valence-corrected chi connectivity index (χ2v) is 19.3. The normalized spacial score (nSPS) is 15.3. The number of hydrogen-bond donors (Lipinski definition) is 7. The summed E-state index contributed by atoms with van der Waals surface area (Å²) >= 11 is 1.56. The van der Waals surface area contributed by atoms with Gasteiger partial charge in [-0.25, -0.2) is 9.97 Å². The molecule has 1 fully saturated rings. The first kappa shape index (κ1) is 53.0. The van der Waals surface area contributed by atoms with Gasteiger partial charge in [0.25, 0.3) is 5.91 Å². The summed E-state index contributed by atoms with van der Waals surface area (Å²) in [4.78, 5) is 90.3. The fourth-order valence-corrected chi connectivity index (χ4v) is 8.91. The van der Waals surface area contributed by atoms with E-state index < -0.39 is 41.3 Å². The number of anilines is 3. The van der Waals surface area contributed by atoms with Gasteiger partial charge in [0.2, 0.25) is 29.5 Å². The topological polar surface area (TPSA) is 277 Å². The quantitative estimate of drug-likeness (QED) is 0.0496. The maximum Gasteiger partial charge on any atom is 0.273 e. The van der Waals surface area contributed by atoms with Gasteiger partial charge in [-0.15, -0.1) is 21.5 Å². The number of ether oxygens (including phenoxy) is 1. The van der Waals surface area contributed by atoms with E-state index >= 15 is 0 Å². The molecule has 0 saturated carbocycles. The van der Waals surface area contributed by atoms with Crippen LogP contribution in [0, 0.1) is 12.3 Å². The Labute approximate surface area is 416 Å². The Morgan fingerprint density at radius 3 is 2.27 bits per heavy atom. The summed E-state index contributed by atoms with van der Waals surface area (Å²) in [6, 6.07) is 12.4. The molecule has 0 radical (unpaired) electrons. The summed E-state index contributed by atoms with van der Waals surface area (Å²) < 4.78 is 7.24. The van der Waals surface area contributed by atoms with Crippen molar-refractivity contribution in [1.29, 1.82) is 0 Å². The summed E-state index contributed by atoms with van der Waals surface area (Å²) in [5, 5.41) is 39.8. The summed E-state index contributed by atoms with van der Waals surface area (Å²) in [5.74, 6) is -1.73. The van der Waals surface area contributed by atoms with Crippen LogP contribution in [0.15, 0.2) is 60.4 Å². The standard InChI is InChI=1S/C49H63N13O8S/c1-28(30-18-20-31(21-19-30)43-29(2)53-27-71-43)54-46(67)36-22-32(63)25-62(36)48(69)44(49(3,4)5)57-39(65)17-12-10-9-11-16-38(64)51-24-40(66)56-37-23-35(41(59-58-37)47(68)50-6)55-34-15-13-14-33(42(34)70-8)45-52-26-61(7)60-45/h13-15,18-21,23,26-28,32,36,44,63H,9-12,16-17,22,24-25H2,1-8H3,(H,50,68)(H,51,64)(H,54,67)(H,57,65)(H2,55,56,58,66)/t28?,32-,36+,44?/m1/s1. The number of amides is 6. The van der Waals surface area contributed by atoms with Gasteiger partial charge in [-0.1, -0.05) is 63.9 Å². The van der Waals surface area contributed by atoms with Crippen LogP contribution >= 0.6 is 11.3 Å². The van der Waals surface area contributed by atoms with Crippen LogP contribution in [0.4, 0.5) is 17.2 Å². The van der Waals surface area contributed by atoms with Gasteiger partial charge in [0.05, 0.1) is 58.8 Å². The number of benzene rings is 2. The Kier molecular flexibility index (Phi) is 17.9. The zero-order valence-corrected chi connectivity index (χ0v) is 42.1. The predicted molar refractivity (Wildman–Crippen MR) is 267 cm³/mol. The molecule has 1 saturated heterocycles. The maximum atomic E-state index is 14.1. The van der Waals surface area contributed by atoms with E-state index in [0.717, 1.165) is 21.7 Å². The van der Waals surface area contributed by atoms with Crippen molar-refractivity contribution in [1.82, 2.24) is 56.1 Å². The number of β-amino-alcohol motifs (C(OH)–C–C–N with tert-alkyl or cyclic N) is 1. The first-order valence-corrected chi connectivity index (χ1v) is 24.3. The number of rotatable bonds is 21. The second kappa shape index (κ2) is 24.0. The molecule has 7 N–H and O–H groups in total. The second-order valence-electron chi connectivity index (χ2n) is 18.4. The molecule has 4 atom stereocenters. The highest BCUT2D eigenvalue weighted by atomic mass is 32.1. The van der Waals surface area contributed by atoms with Crippen molar-refractivity contribution in [3.63, 3.8) is 0 Å². The van der Waals surface area contributed by atoms with Crippen molar-refractivity contribution in [3.8, 4) is 27.6 Å². The van der Waals surface area contributed by atoms with E-state index in [1.165, 1.54) is 25.1 Å². The van der Waals surface area contributed by atoms with E-state index in [9.17, 15) is 33.9 Å². The van der Waals surface area contributed by atoms with Gasteiger partial charge in [0.1, 0.15) is 18.4 Å². The monoisotopic (exact) mass is 993 g/mol. The number of aryl methyl sites for hydroxylation is 2. The van der Waals surface area contributed by atoms with Crippen molar-refractivity contribution in [2.75, 3.05) is 37.9 Å². The molecular weight excluding hydrogens is 931 g/mol. The molecule has 5 aromatic rings. The SMILES string of the molecule is CNC(=O)c1nnc(NC(=O)CNC(=O)CCCCCCC(=O)NC(C(=O)N2C[C@H](O)C[C@H]2C(=O)NC(C)c2ccc(-c3scnc3C)cc2)C(C)(C)C)cc1Nc1cccc(-c2ncn(C)n2)c1OC. The molecule has 6 rings (SSSR count). The zero-order valence-electron chi connectivity index (χ0n) is 41.3. The van der Waals surface area contributed by atoms with Gasteiger partial charge in [-0.05, 0) is 55.4 Å². The maximum absolute atomic E-state index is 14.1. The van der Waals surface area contributed by atoms with Crippen molar-refractivity contribution < 1.29 is 38.6 Å². The molecule has 2 unspecified atom stereocenters. The van der Waals surface area contributed by atoms with Gasteiger partial charge in [-0.2, -0.15) is 5.10 Å². The summed E-state index contributed by atoms with van der Waals surface area (Å²) in [6.45, 7) is 8.96. The highest BCUT2D eigenvalue weighted by Gasteiger charge is 2.44. The number of para-hydroxylation sites is 1. The average molecular weight is 994 g/mol. The minimum Gasteiger partial charge on any atom is -0.494 e. The van der Waals surface area contributed by atoms with Gasteiger partial charge < -0.3 is 46.6 Å². The molecular formula is C49H63N13O8S. The smallest absolute Gasteiger partial charge is 0.273 e. The number of aliphatic hydroxyl groups excluding tert-OH is 1. The summed E-state index contributed by atoms with van der Waals surface area (Å²) in [6.07, 6.45) is 3.33. The third-order valence-corrected chi connectivity index (χ3v) is 12.9. The predicted octanol–water partition coefficient (Wildman–Crippen LogP) is 4.58. The van der Waals surface area contributed by atoms with Gasteiger partial charge in [0, 0.05) is 46.0 Å². The zero-order chi connectivity index (χ0) is 51.4. The molecule has 0 aliphatic carbocycles. The highest BCUT2D eigenvalue weighted by molar-refractivity contribution is 7.13. The average Bonchev–Trinajstić information content (AvgIpc) is 4.09.